The van der Waals surface area contributed by atoms with Gasteiger partial charge in [-0.15, -0.1) is 11.6 Å². The van der Waals surface area contributed by atoms with Crippen molar-refractivity contribution >= 4 is 25.3 Å². The second-order valence-corrected chi connectivity index (χ2v) is 6.60. The number of halogens is 1. The summed E-state index contributed by atoms with van der Waals surface area (Å²) in [5, 5.41) is 1.13. The van der Waals surface area contributed by atoms with Crippen molar-refractivity contribution in [3.63, 3.8) is 0 Å². The van der Waals surface area contributed by atoms with Crippen LogP contribution in [0.4, 0.5) is 0 Å². The van der Waals surface area contributed by atoms with Crippen molar-refractivity contribution in [2.24, 2.45) is 0 Å². The van der Waals surface area contributed by atoms with E-state index in [1.807, 2.05) is 36.9 Å². The summed E-state index contributed by atoms with van der Waals surface area (Å²) in [6.45, 7) is 2.56. The minimum atomic E-state index is -2.20. The summed E-state index contributed by atoms with van der Waals surface area (Å²) in [6, 6.07) is 10.0. The fourth-order valence-corrected chi connectivity index (χ4v) is 3.25. The largest absolute Gasteiger partial charge is 0.394 e. The molecule has 0 amide bonds. The molecule has 78 valence electrons. The average Bonchev–Trinajstić information content (AvgIpc) is 2.27. The lowest BCUT2D eigenvalue weighted by Gasteiger charge is -2.24. The van der Waals surface area contributed by atoms with Crippen molar-refractivity contribution in [1.29, 1.82) is 0 Å². The Kier molecular flexibility index (Phi) is 4.61. The van der Waals surface area contributed by atoms with E-state index in [0.717, 1.165) is 5.19 Å². The molecule has 0 aliphatic heterocycles. The van der Waals surface area contributed by atoms with Crippen LogP contribution < -0.4 is 5.19 Å². The van der Waals surface area contributed by atoms with Gasteiger partial charge < -0.3 is 8.85 Å². The maximum Gasteiger partial charge on any atom is 0.369 e. The van der Waals surface area contributed by atoms with Crippen LogP contribution in [-0.2, 0) is 8.85 Å². The molecule has 0 aromatic heterocycles. The molecular formula is C10H15ClO2Si. The van der Waals surface area contributed by atoms with Gasteiger partial charge in [0.15, 0.2) is 0 Å². The smallest absolute Gasteiger partial charge is 0.369 e. The normalized spacial score (nSPS) is 15.1. The summed E-state index contributed by atoms with van der Waals surface area (Å²) in [5.74, 6) is 0.499. The molecule has 4 heteroatoms. The fraction of sp³-hybridized carbons (Fsp3) is 0.400. The minimum Gasteiger partial charge on any atom is -0.394 e. The molecule has 1 atom stereocenters. The van der Waals surface area contributed by atoms with Gasteiger partial charge in [0.2, 0.25) is 0 Å². The highest BCUT2D eigenvalue weighted by Crippen LogP contribution is 2.06. The van der Waals surface area contributed by atoms with E-state index in [4.69, 9.17) is 20.5 Å². The molecule has 0 saturated carbocycles. The second kappa shape index (κ2) is 5.51. The third-order valence-electron chi connectivity index (χ3n) is 2.14. The Bertz CT molecular complexity index is 268. The van der Waals surface area contributed by atoms with E-state index in [2.05, 4.69) is 0 Å². The predicted octanol–water partition coefficient (Wildman–Crippen LogP) is 1.87. The monoisotopic (exact) mass is 230 g/mol. The lowest BCUT2D eigenvalue weighted by molar-refractivity contribution is 0.231. The lowest BCUT2D eigenvalue weighted by Crippen LogP contribution is -2.50. The van der Waals surface area contributed by atoms with Crippen molar-refractivity contribution in [1.82, 2.24) is 0 Å². The minimum absolute atomic E-state index is 0.499. The number of hydrogen-bond acceptors (Lipinski definition) is 2. The molecule has 0 saturated heterocycles. The van der Waals surface area contributed by atoms with Gasteiger partial charge in [-0.1, -0.05) is 30.3 Å². The van der Waals surface area contributed by atoms with E-state index < -0.39 is 8.56 Å². The van der Waals surface area contributed by atoms with Crippen molar-refractivity contribution < 1.29 is 8.85 Å². The molecule has 0 N–H and O–H groups in total. The van der Waals surface area contributed by atoms with Gasteiger partial charge in [0.25, 0.3) is 0 Å². The Hall–Kier alpha value is -0.353. The molecule has 2 nitrogen and oxygen atoms in total. The number of rotatable bonds is 5. The van der Waals surface area contributed by atoms with Gasteiger partial charge in [-0.3, -0.25) is 0 Å². The highest BCUT2D eigenvalue weighted by molar-refractivity contribution is 6.79. The van der Waals surface area contributed by atoms with Gasteiger partial charge in [0, 0.05) is 13.0 Å². The summed E-state index contributed by atoms with van der Waals surface area (Å²) >= 11 is 5.59. The van der Waals surface area contributed by atoms with Crippen LogP contribution in [0.3, 0.4) is 0 Å². The highest BCUT2D eigenvalue weighted by Gasteiger charge is 2.32. The number of hydrogen-bond donors (Lipinski definition) is 0. The molecule has 0 radical (unpaired) electrons. The summed E-state index contributed by atoms with van der Waals surface area (Å²) in [7, 11) is -0.517. The van der Waals surface area contributed by atoms with Crippen LogP contribution >= 0.6 is 11.6 Å². The maximum absolute atomic E-state index is 5.70. The third-order valence-corrected chi connectivity index (χ3v) is 5.21. The third kappa shape index (κ3) is 2.82. The molecule has 0 fully saturated rings. The average molecular weight is 231 g/mol. The molecule has 1 aromatic carbocycles. The van der Waals surface area contributed by atoms with E-state index >= 15 is 0 Å². The van der Waals surface area contributed by atoms with Gasteiger partial charge in [-0.25, -0.2) is 0 Å². The first-order valence-electron chi connectivity index (χ1n) is 4.53. The standard InChI is InChI=1S/C10H15ClO2Si/c1-12-14(2,13-9-8-11)10-6-4-3-5-7-10/h3-7H,8-9H2,1-2H3. The van der Waals surface area contributed by atoms with Crippen LogP contribution in [0.5, 0.6) is 0 Å². The van der Waals surface area contributed by atoms with E-state index in [9.17, 15) is 0 Å². The topological polar surface area (TPSA) is 18.5 Å². The summed E-state index contributed by atoms with van der Waals surface area (Å²) in [4.78, 5) is 0. The summed E-state index contributed by atoms with van der Waals surface area (Å²) < 4.78 is 11.2. The van der Waals surface area contributed by atoms with E-state index in [-0.39, 0.29) is 0 Å². The van der Waals surface area contributed by atoms with Crippen LogP contribution in [0.15, 0.2) is 30.3 Å². The van der Waals surface area contributed by atoms with Crippen LogP contribution in [-0.4, -0.2) is 28.2 Å². The molecule has 0 aliphatic rings. The summed E-state index contributed by atoms with van der Waals surface area (Å²) in [5.41, 5.74) is 0. The first kappa shape index (κ1) is 11.7. The molecule has 1 rings (SSSR count). The quantitative estimate of drug-likeness (QED) is 0.568. The fourth-order valence-electron chi connectivity index (χ4n) is 1.23. The maximum atomic E-state index is 5.70. The Balaban J connectivity index is 2.79. The van der Waals surface area contributed by atoms with E-state index in [1.165, 1.54) is 0 Å². The van der Waals surface area contributed by atoms with Gasteiger partial charge in [-0.05, 0) is 11.7 Å². The van der Waals surface area contributed by atoms with Gasteiger partial charge in [0.1, 0.15) is 0 Å². The molecule has 0 spiro atoms. The lowest BCUT2D eigenvalue weighted by atomic mass is 10.4. The Morgan fingerprint density at radius 3 is 2.43 bits per heavy atom. The Labute approximate surface area is 91.0 Å². The molecular weight excluding hydrogens is 216 g/mol. The van der Waals surface area contributed by atoms with Crippen molar-refractivity contribution in [2.45, 2.75) is 6.55 Å². The highest BCUT2D eigenvalue weighted by atomic mass is 35.5. The SMILES string of the molecule is CO[Si](C)(OCCCl)c1ccccc1. The zero-order chi connectivity index (χ0) is 10.4. The van der Waals surface area contributed by atoms with E-state index in [1.54, 1.807) is 7.11 Å². The predicted molar refractivity (Wildman–Crippen MR) is 61.4 cm³/mol. The molecule has 0 aliphatic carbocycles. The molecule has 14 heavy (non-hydrogen) atoms. The van der Waals surface area contributed by atoms with Crippen molar-refractivity contribution in [2.75, 3.05) is 19.6 Å². The van der Waals surface area contributed by atoms with E-state index in [0.29, 0.717) is 12.5 Å². The Morgan fingerprint density at radius 1 is 1.29 bits per heavy atom. The number of benzene rings is 1. The van der Waals surface area contributed by atoms with Crippen LogP contribution in [0.1, 0.15) is 0 Å². The van der Waals surface area contributed by atoms with Crippen molar-refractivity contribution in [3.8, 4) is 0 Å². The van der Waals surface area contributed by atoms with Crippen LogP contribution in [0.2, 0.25) is 6.55 Å². The van der Waals surface area contributed by atoms with Gasteiger partial charge in [-0.2, -0.15) is 0 Å². The van der Waals surface area contributed by atoms with Crippen molar-refractivity contribution in [3.05, 3.63) is 30.3 Å². The van der Waals surface area contributed by atoms with Gasteiger partial charge in [0.05, 0.1) is 6.61 Å². The van der Waals surface area contributed by atoms with Crippen LogP contribution in [0.25, 0.3) is 0 Å². The van der Waals surface area contributed by atoms with Gasteiger partial charge >= 0.3 is 8.56 Å². The first-order chi connectivity index (χ1) is 6.73. The molecule has 0 heterocycles. The zero-order valence-electron chi connectivity index (χ0n) is 8.50. The summed E-state index contributed by atoms with van der Waals surface area (Å²) in [6.07, 6.45) is 0. The first-order valence-corrected chi connectivity index (χ1v) is 7.38. The number of alkyl halides is 1. The van der Waals surface area contributed by atoms with Crippen LogP contribution in [0, 0.1) is 0 Å². The molecule has 1 unspecified atom stereocenters. The molecule has 0 bridgehead atoms. The second-order valence-electron chi connectivity index (χ2n) is 3.05. The molecule has 1 aromatic rings. The Morgan fingerprint density at radius 2 is 1.93 bits per heavy atom. The zero-order valence-corrected chi connectivity index (χ0v) is 10.3.